The molecule has 0 spiro atoms. The molecule has 2 saturated heterocycles. The van der Waals surface area contributed by atoms with Crippen LogP contribution in [0.4, 0.5) is 0 Å². The number of likely N-dealkylation sites (tertiary alicyclic amines) is 1. The van der Waals surface area contributed by atoms with Crippen molar-refractivity contribution in [3.05, 3.63) is 0 Å². The smallest absolute Gasteiger partial charge is 0.0468 e. The number of piperidine rings is 1. The molecule has 0 amide bonds. The molecule has 0 aromatic carbocycles. The molecule has 106 valence electrons. The van der Waals surface area contributed by atoms with Gasteiger partial charge in [0, 0.05) is 25.8 Å². The molecular weight excluding hydrogens is 222 g/mol. The molecule has 2 aliphatic heterocycles. The summed E-state index contributed by atoms with van der Waals surface area (Å²) in [5.74, 6) is 2.76. The highest BCUT2D eigenvalue weighted by atomic mass is 16.5. The fourth-order valence-electron chi connectivity index (χ4n) is 3.76. The fourth-order valence-corrected chi connectivity index (χ4v) is 3.76. The summed E-state index contributed by atoms with van der Waals surface area (Å²) in [6.45, 7) is 11.8. The van der Waals surface area contributed by atoms with E-state index in [4.69, 9.17) is 4.74 Å². The molecule has 2 rings (SSSR count). The van der Waals surface area contributed by atoms with Crippen molar-refractivity contribution in [2.45, 2.75) is 58.9 Å². The summed E-state index contributed by atoms with van der Waals surface area (Å²) in [6.07, 6.45) is 6.89. The first-order chi connectivity index (χ1) is 8.66. The highest BCUT2D eigenvalue weighted by Gasteiger charge is 2.27. The Labute approximate surface area is 113 Å². The Bertz CT molecular complexity index is 235. The Morgan fingerprint density at radius 3 is 2.50 bits per heavy atom. The number of hydrogen-bond donors (Lipinski definition) is 0. The van der Waals surface area contributed by atoms with Crippen molar-refractivity contribution in [1.82, 2.24) is 4.90 Å². The van der Waals surface area contributed by atoms with E-state index in [1.165, 1.54) is 45.2 Å². The van der Waals surface area contributed by atoms with Crippen LogP contribution in [0, 0.1) is 17.8 Å². The Morgan fingerprint density at radius 2 is 1.83 bits per heavy atom. The lowest BCUT2D eigenvalue weighted by atomic mass is 9.79. The van der Waals surface area contributed by atoms with E-state index in [0.717, 1.165) is 37.0 Å². The van der Waals surface area contributed by atoms with E-state index in [9.17, 15) is 0 Å². The molecule has 2 nitrogen and oxygen atoms in total. The summed E-state index contributed by atoms with van der Waals surface area (Å²) in [5, 5.41) is 0. The normalized spacial score (nSPS) is 29.7. The predicted octanol–water partition coefficient (Wildman–Crippen LogP) is 3.56. The van der Waals surface area contributed by atoms with Crippen molar-refractivity contribution in [1.29, 1.82) is 0 Å². The van der Waals surface area contributed by atoms with Crippen LogP contribution in [0.2, 0.25) is 0 Å². The van der Waals surface area contributed by atoms with E-state index < -0.39 is 0 Å². The zero-order valence-electron chi connectivity index (χ0n) is 12.5. The van der Waals surface area contributed by atoms with E-state index in [1.807, 2.05) is 0 Å². The average molecular weight is 253 g/mol. The highest BCUT2D eigenvalue weighted by molar-refractivity contribution is 4.79. The van der Waals surface area contributed by atoms with Crippen LogP contribution in [0.5, 0.6) is 0 Å². The van der Waals surface area contributed by atoms with Crippen molar-refractivity contribution < 1.29 is 4.74 Å². The van der Waals surface area contributed by atoms with Crippen molar-refractivity contribution in [2.24, 2.45) is 17.8 Å². The van der Waals surface area contributed by atoms with Crippen molar-refractivity contribution in [3.8, 4) is 0 Å². The van der Waals surface area contributed by atoms with E-state index in [-0.39, 0.29) is 0 Å². The minimum atomic E-state index is 0.728. The quantitative estimate of drug-likeness (QED) is 0.759. The molecule has 0 aromatic rings. The van der Waals surface area contributed by atoms with Crippen LogP contribution in [-0.4, -0.2) is 37.2 Å². The largest absolute Gasteiger partial charge is 0.381 e. The maximum atomic E-state index is 5.48. The summed E-state index contributed by atoms with van der Waals surface area (Å²) in [7, 11) is 0. The monoisotopic (exact) mass is 253 g/mol. The molecule has 0 N–H and O–H groups in total. The molecule has 2 heteroatoms. The molecule has 0 saturated carbocycles. The van der Waals surface area contributed by atoms with Crippen LogP contribution >= 0.6 is 0 Å². The zero-order chi connectivity index (χ0) is 13.0. The average Bonchev–Trinajstić information content (AvgIpc) is 2.40. The number of hydrogen-bond acceptors (Lipinski definition) is 2. The summed E-state index contributed by atoms with van der Waals surface area (Å²) >= 11 is 0. The summed E-state index contributed by atoms with van der Waals surface area (Å²) in [4.78, 5) is 2.67. The Balaban J connectivity index is 1.77. The first-order valence-electron chi connectivity index (χ1n) is 7.98. The van der Waals surface area contributed by atoms with Gasteiger partial charge in [-0.05, 0) is 70.3 Å². The van der Waals surface area contributed by atoms with Gasteiger partial charge in [-0.25, -0.2) is 0 Å². The molecule has 2 aliphatic rings. The van der Waals surface area contributed by atoms with Crippen LogP contribution in [0.15, 0.2) is 0 Å². The minimum absolute atomic E-state index is 0.728. The van der Waals surface area contributed by atoms with Gasteiger partial charge >= 0.3 is 0 Å². The van der Waals surface area contributed by atoms with Crippen molar-refractivity contribution in [2.75, 3.05) is 26.3 Å². The van der Waals surface area contributed by atoms with Gasteiger partial charge < -0.3 is 9.64 Å². The minimum Gasteiger partial charge on any atom is -0.381 e. The van der Waals surface area contributed by atoms with Gasteiger partial charge in [-0.1, -0.05) is 6.92 Å². The topological polar surface area (TPSA) is 12.5 Å². The first kappa shape index (κ1) is 14.3. The molecule has 0 radical (unpaired) electrons. The van der Waals surface area contributed by atoms with Crippen LogP contribution in [-0.2, 0) is 4.74 Å². The Hall–Kier alpha value is -0.0800. The first-order valence-corrected chi connectivity index (χ1v) is 7.98. The third kappa shape index (κ3) is 3.96. The molecule has 0 aliphatic carbocycles. The van der Waals surface area contributed by atoms with E-state index in [0.29, 0.717) is 0 Å². The van der Waals surface area contributed by atoms with Gasteiger partial charge in [-0.15, -0.1) is 0 Å². The molecule has 2 atom stereocenters. The molecule has 0 aromatic heterocycles. The fraction of sp³-hybridized carbons (Fsp3) is 1.00. The lowest BCUT2D eigenvalue weighted by Crippen LogP contribution is -2.40. The Morgan fingerprint density at radius 1 is 1.11 bits per heavy atom. The number of nitrogens with zero attached hydrogens (tertiary/aromatic N) is 1. The van der Waals surface area contributed by atoms with E-state index in [2.05, 4.69) is 25.7 Å². The lowest BCUT2D eigenvalue weighted by molar-refractivity contribution is 0.0399. The van der Waals surface area contributed by atoms with Gasteiger partial charge in [0.15, 0.2) is 0 Å². The van der Waals surface area contributed by atoms with Crippen LogP contribution in [0.1, 0.15) is 52.9 Å². The van der Waals surface area contributed by atoms with Gasteiger partial charge in [0.2, 0.25) is 0 Å². The Kier molecular flexibility index (Phi) is 5.50. The third-order valence-corrected chi connectivity index (χ3v) is 5.06. The van der Waals surface area contributed by atoms with Crippen molar-refractivity contribution in [3.63, 3.8) is 0 Å². The maximum absolute atomic E-state index is 5.48. The van der Waals surface area contributed by atoms with Crippen LogP contribution in [0.3, 0.4) is 0 Å². The lowest BCUT2D eigenvalue weighted by Gasteiger charge is -2.38. The summed E-state index contributed by atoms with van der Waals surface area (Å²) < 4.78 is 5.48. The molecular formula is C16H31NO. The second-order valence-electron chi connectivity index (χ2n) is 6.76. The maximum Gasteiger partial charge on any atom is 0.0468 e. The van der Waals surface area contributed by atoms with Gasteiger partial charge in [-0.3, -0.25) is 0 Å². The zero-order valence-corrected chi connectivity index (χ0v) is 12.5. The van der Waals surface area contributed by atoms with Gasteiger partial charge in [0.25, 0.3) is 0 Å². The second kappa shape index (κ2) is 6.91. The van der Waals surface area contributed by atoms with Gasteiger partial charge in [-0.2, -0.15) is 0 Å². The van der Waals surface area contributed by atoms with Gasteiger partial charge in [0.1, 0.15) is 0 Å². The standard InChI is InChI=1S/C16H31NO/c1-13(2)17-8-4-5-15(12-17)11-14(3)16-6-9-18-10-7-16/h13-16H,4-12H2,1-3H3. The third-order valence-electron chi connectivity index (χ3n) is 5.06. The summed E-state index contributed by atoms with van der Waals surface area (Å²) in [5.41, 5.74) is 0. The van der Waals surface area contributed by atoms with Crippen LogP contribution in [0.25, 0.3) is 0 Å². The molecule has 2 unspecified atom stereocenters. The van der Waals surface area contributed by atoms with Crippen molar-refractivity contribution >= 4 is 0 Å². The van der Waals surface area contributed by atoms with Crippen LogP contribution < -0.4 is 0 Å². The molecule has 18 heavy (non-hydrogen) atoms. The molecule has 2 heterocycles. The van der Waals surface area contributed by atoms with E-state index in [1.54, 1.807) is 0 Å². The number of rotatable bonds is 4. The molecule has 2 fully saturated rings. The summed E-state index contributed by atoms with van der Waals surface area (Å²) in [6, 6.07) is 0.728. The number of ether oxygens (including phenoxy) is 1. The van der Waals surface area contributed by atoms with Gasteiger partial charge in [0.05, 0.1) is 0 Å². The molecule has 0 bridgehead atoms. The van der Waals surface area contributed by atoms with E-state index >= 15 is 0 Å². The predicted molar refractivity (Wildman–Crippen MR) is 76.8 cm³/mol. The second-order valence-corrected chi connectivity index (χ2v) is 6.76. The SMILES string of the molecule is CC(CC1CCCN(C(C)C)C1)C1CCOCC1. The highest BCUT2D eigenvalue weighted by Crippen LogP contribution is 2.31.